The first kappa shape index (κ1) is 25.7. The van der Waals surface area contributed by atoms with Crippen LogP contribution in [-0.2, 0) is 22.3 Å². The molecular weight excluding hydrogens is 568 g/mol. The van der Waals surface area contributed by atoms with Gasteiger partial charge in [-0.2, -0.15) is 13.2 Å². The number of amidine groups is 1. The lowest BCUT2D eigenvalue weighted by Crippen LogP contribution is -2.49. The molecule has 0 unspecified atom stereocenters. The van der Waals surface area contributed by atoms with Gasteiger partial charge >= 0.3 is 6.18 Å². The van der Waals surface area contributed by atoms with E-state index in [9.17, 15) is 22.4 Å². The Morgan fingerprint density at radius 1 is 1.13 bits per heavy atom. The number of halogens is 5. The summed E-state index contributed by atoms with van der Waals surface area (Å²) in [6.07, 6.45) is 0.883. The molecule has 0 bridgehead atoms. The standard InChI is InChI=1S/C27H27BrF4N4O2/c28-16-12-20(29)19(14-38-17-4-5-17)21(13-16)36-10-8-26(9-11-36)25(37)34-24(35-26)18-6-7-22(27(30,31)32)33-23(18)15-2-1-3-15/h6-7,12-13,15,17H,1-5,8-11,14H2,(H,34,35,37). The van der Waals surface area contributed by atoms with E-state index in [0.29, 0.717) is 53.1 Å². The molecule has 3 fully saturated rings. The first-order valence-corrected chi connectivity index (χ1v) is 13.8. The molecule has 1 aromatic carbocycles. The number of hydrogen-bond donors (Lipinski definition) is 1. The molecule has 2 aliphatic heterocycles. The van der Waals surface area contributed by atoms with E-state index >= 15 is 0 Å². The summed E-state index contributed by atoms with van der Waals surface area (Å²) in [5, 5.41) is 2.84. The van der Waals surface area contributed by atoms with Crippen LogP contribution in [0.2, 0.25) is 0 Å². The first-order valence-electron chi connectivity index (χ1n) is 13.0. The van der Waals surface area contributed by atoms with Crippen LogP contribution in [-0.4, -0.2) is 41.5 Å². The molecule has 38 heavy (non-hydrogen) atoms. The number of nitrogens with zero attached hydrogens (tertiary/aromatic N) is 3. The number of alkyl halides is 3. The molecule has 0 radical (unpaired) electrons. The van der Waals surface area contributed by atoms with Gasteiger partial charge in [-0.05, 0) is 62.8 Å². The Balaban J connectivity index is 1.25. The van der Waals surface area contributed by atoms with Crippen LogP contribution in [0.3, 0.4) is 0 Å². The minimum absolute atomic E-state index is 0.0759. The maximum absolute atomic E-state index is 14.9. The summed E-state index contributed by atoms with van der Waals surface area (Å²) in [7, 11) is 0. The highest BCUT2D eigenvalue weighted by Crippen LogP contribution is 2.41. The van der Waals surface area contributed by atoms with E-state index in [2.05, 4.69) is 26.2 Å². The summed E-state index contributed by atoms with van der Waals surface area (Å²) in [6, 6.07) is 5.63. The number of carbonyl (C=O) groups excluding carboxylic acids is 1. The zero-order valence-electron chi connectivity index (χ0n) is 20.6. The van der Waals surface area contributed by atoms with E-state index in [1.54, 1.807) is 0 Å². The molecule has 2 aliphatic carbocycles. The SMILES string of the molecule is O=C1NC(c2ccc(C(F)(F)F)nc2C2CCC2)=NC12CCN(c1cc(Br)cc(F)c1COC1CC1)CC2. The van der Waals surface area contributed by atoms with Crippen molar-refractivity contribution < 1.29 is 27.1 Å². The average molecular weight is 595 g/mol. The van der Waals surface area contributed by atoms with Crippen molar-refractivity contribution in [3.8, 4) is 0 Å². The summed E-state index contributed by atoms with van der Waals surface area (Å²) in [6.45, 7) is 1.13. The van der Waals surface area contributed by atoms with Gasteiger partial charge in [0.05, 0.1) is 18.4 Å². The number of pyridine rings is 1. The van der Waals surface area contributed by atoms with Crippen LogP contribution >= 0.6 is 15.9 Å². The lowest BCUT2D eigenvalue weighted by molar-refractivity contribution is -0.141. The fraction of sp³-hybridized carbons (Fsp3) is 0.519. The number of rotatable bonds is 6. The molecule has 202 valence electrons. The predicted octanol–water partition coefficient (Wildman–Crippen LogP) is 5.86. The average Bonchev–Trinajstić information content (AvgIpc) is 3.61. The monoisotopic (exact) mass is 594 g/mol. The third-order valence-corrected chi connectivity index (χ3v) is 8.46. The summed E-state index contributed by atoms with van der Waals surface area (Å²) >= 11 is 3.39. The zero-order chi connectivity index (χ0) is 26.7. The molecule has 11 heteroatoms. The maximum Gasteiger partial charge on any atom is 0.433 e. The van der Waals surface area contributed by atoms with Crippen molar-refractivity contribution >= 4 is 33.4 Å². The number of nitrogens with one attached hydrogen (secondary N) is 1. The molecule has 2 saturated carbocycles. The Morgan fingerprint density at radius 2 is 1.87 bits per heavy atom. The number of anilines is 1. The van der Waals surface area contributed by atoms with Crippen LogP contribution in [0.5, 0.6) is 0 Å². The molecule has 1 aromatic heterocycles. The molecular formula is C27H27BrF4N4O2. The van der Waals surface area contributed by atoms with Gasteiger partial charge in [-0.15, -0.1) is 0 Å². The number of amides is 1. The lowest BCUT2D eigenvalue weighted by Gasteiger charge is -2.37. The number of ether oxygens (including phenoxy) is 1. The summed E-state index contributed by atoms with van der Waals surface area (Å²) in [5.41, 5.74) is 0.0965. The van der Waals surface area contributed by atoms with Gasteiger partial charge in [0, 0.05) is 40.3 Å². The van der Waals surface area contributed by atoms with Gasteiger partial charge in [-0.3, -0.25) is 9.79 Å². The van der Waals surface area contributed by atoms with E-state index in [-0.39, 0.29) is 30.4 Å². The molecule has 1 spiro atoms. The molecule has 3 heterocycles. The summed E-state index contributed by atoms with van der Waals surface area (Å²) in [5.74, 6) is -0.386. The van der Waals surface area contributed by atoms with Crippen molar-refractivity contribution in [1.82, 2.24) is 10.3 Å². The molecule has 2 aromatic rings. The van der Waals surface area contributed by atoms with Crippen molar-refractivity contribution in [3.05, 3.63) is 57.1 Å². The quantitative estimate of drug-likeness (QED) is 0.425. The van der Waals surface area contributed by atoms with Gasteiger partial charge in [0.1, 0.15) is 22.9 Å². The van der Waals surface area contributed by atoms with Crippen molar-refractivity contribution in [3.63, 3.8) is 0 Å². The second-order valence-electron chi connectivity index (χ2n) is 10.6. The fourth-order valence-electron chi connectivity index (χ4n) is 5.38. The molecule has 4 aliphatic rings. The lowest BCUT2D eigenvalue weighted by atomic mass is 9.80. The van der Waals surface area contributed by atoms with Gasteiger partial charge < -0.3 is 15.0 Å². The number of hydrogen-bond acceptors (Lipinski definition) is 5. The predicted molar refractivity (Wildman–Crippen MR) is 137 cm³/mol. The number of aliphatic imine (C=N–C) groups is 1. The van der Waals surface area contributed by atoms with Crippen molar-refractivity contribution in [2.45, 2.75) is 75.3 Å². The van der Waals surface area contributed by atoms with E-state index in [1.165, 1.54) is 12.1 Å². The fourth-order valence-corrected chi connectivity index (χ4v) is 5.80. The van der Waals surface area contributed by atoms with Crippen LogP contribution in [0.25, 0.3) is 0 Å². The second kappa shape index (κ2) is 9.59. The highest BCUT2D eigenvalue weighted by atomic mass is 79.9. The third kappa shape index (κ3) is 4.83. The Hall–Kier alpha value is -2.53. The van der Waals surface area contributed by atoms with E-state index < -0.39 is 17.4 Å². The van der Waals surface area contributed by atoms with Crippen molar-refractivity contribution in [2.24, 2.45) is 4.99 Å². The molecule has 1 N–H and O–H groups in total. The molecule has 1 amide bonds. The van der Waals surface area contributed by atoms with Crippen molar-refractivity contribution in [2.75, 3.05) is 18.0 Å². The van der Waals surface area contributed by atoms with Crippen LogP contribution in [0.1, 0.15) is 73.4 Å². The molecule has 6 nitrogen and oxygen atoms in total. The molecule has 6 rings (SSSR count). The van der Waals surface area contributed by atoms with Crippen LogP contribution in [0.4, 0.5) is 23.2 Å². The number of benzene rings is 1. The van der Waals surface area contributed by atoms with Crippen LogP contribution in [0.15, 0.2) is 33.7 Å². The minimum atomic E-state index is -4.54. The van der Waals surface area contributed by atoms with Gasteiger partial charge in [-0.1, -0.05) is 22.4 Å². The third-order valence-electron chi connectivity index (χ3n) is 8.00. The van der Waals surface area contributed by atoms with Crippen LogP contribution in [0, 0.1) is 5.82 Å². The minimum Gasteiger partial charge on any atom is -0.373 e. The van der Waals surface area contributed by atoms with Gasteiger partial charge in [0.2, 0.25) is 0 Å². The second-order valence-corrected chi connectivity index (χ2v) is 11.5. The highest BCUT2D eigenvalue weighted by molar-refractivity contribution is 9.10. The Kier molecular flexibility index (Phi) is 6.49. The van der Waals surface area contributed by atoms with Crippen molar-refractivity contribution in [1.29, 1.82) is 0 Å². The Morgan fingerprint density at radius 3 is 2.50 bits per heavy atom. The smallest absolute Gasteiger partial charge is 0.373 e. The van der Waals surface area contributed by atoms with E-state index in [4.69, 9.17) is 9.73 Å². The molecule has 1 saturated heterocycles. The Bertz CT molecular complexity index is 1300. The largest absolute Gasteiger partial charge is 0.433 e. The highest BCUT2D eigenvalue weighted by Gasteiger charge is 2.47. The zero-order valence-corrected chi connectivity index (χ0v) is 22.2. The summed E-state index contributed by atoms with van der Waals surface area (Å²) in [4.78, 5) is 24.0. The maximum atomic E-state index is 14.9. The summed E-state index contributed by atoms with van der Waals surface area (Å²) < 4.78 is 61.4. The number of piperidine rings is 1. The van der Waals surface area contributed by atoms with Gasteiger partial charge in [0.15, 0.2) is 0 Å². The van der Waals surface area contributed by atoms with Crippen LogP contribution < -0.4 is 10.2 Å². The first-order chi connectivity index (χ1) is 18.1. The normalized spacial score (nSPS) is 21.4. The molecule has 0 atom stereocenters. The number of aromatic nitrogens is 1. The van der Waals surface area contributed by atoms with Gasteiger partial charge in [0.25, 0.3) is 5.91 Å². The number of carbonyl (C=O) groups is 1. The van der Waals surface area contributed by atoms with Gasteiger partial charge in [-0.25, -0.2) is 9.37 Å². The Labute approximate surface area is 226 Å². The topological polar surface area (TPSA) is 66.8 Å². The van der Waals surface area contributed by atoms with E-state index in [1.807, 2.05) is 11.0 Å². The van der Waals surface area contributed by atoms with E-state index in [0.717, 1.165) is 43.9 Å².